The number of hydrogen-bond acceptors (Lipinski definition) is 4. The van der Waals surface area contributed by atoms with Gasteiger partial charge in [-0.2, -0.15) is 0 Å². The van der Waals surface area contributed by atoms with Gasteiger partial charge in [0.05, 0.1) is 25.2 Å². The Balaban J connectivity index is 0.000000386. The molecule has 8 heteroatoms. The Kier molecular flexibility index (Phi) is 4.39. The second kappa shape index (κ2) is 5.57. The number of rotatable bonds is 1. The minimum absolute atomic E-state index is 0.269. The van der Waals surface area contributed by atoms with Crippen molar-refractivity contribution in [2.75, 3.05) is 12.8 Å². The summed E-state index contributed by atoms with van der Waals surface area (Å²) in [5.74, 6) is 0.269. The quantitative estimate of drug-likeness (QED) is 0.841. The summed E-state index contributed by atoms with van der Waals surface area (Å²) in [6, 6.07) is 3.05. The van der Waals surface area contributed by atoms with Crippen LogP contribution in [0, 0.1) is 0 Å². The maximum absolute atomic E-state index is 12.2. The van der Waals surface area contributed by atoms with Crippen LogP contribution in [0.15, 0.2) is 18.3 Å². The molecule has 0 saturated carbocycles. The normalized spacial score (nSPS) is 10.3. The van der Waals surface area contributed by atoms with Crippen LogP contribution in [0.1, 0.15) is 12.1 Å². The summed E-state index contributed by atoms with van der Waals surface area (Å²) in [4.78, 5) is 3.65. The van der Waals surface area contributed by atoms with Crippen molar-refractivity contribution in [3.05, 3.63) is 24.0 Å². The second-order valence-corrected chi connectivity index (χ2v) is 2.99. The summed E-state index contributed by atoms with van der Waals surface area (Å²) >= 11 is 4.50. The van der Waals surface area contributed by atoms with Crippen LogP contribution in [0.2, 0.25) is 0 Å². The van der Waals surface area contributed by atoms with Crippen molar-refractivity contribution in [2.24, 2.45) is 0 Å². The predicted molar refractivity (Wildman–Crippen MR) is 55.2 cm³/mol. The molecule has 0 spiro atoms. The van der Waals surface area contributed by atoms with E-state index in [1.54, 1.807) is 0 Å². The van der Waals surface area contributed by atoms with E-state index in [1.165, 1.54) is 23.8 Å². The molecule has 0 unspecified atom stereocenters. The Morgan fingerprint density at radius 1 is 1.50 bits per heavy atom. The first-order valence-corrected chi connectivity index (χ1v) is 4.44. The Morgan fingerprint density at radius 2 is 2.12 bits per heavy atom. The SMILES string of the molecule is COCl.Nc1ccc2nc(C(F)F)cn2n1. The van der Waals surface area contributed by atoms with E-state index in [1.807, 2.05) is 0 Å². The van der Waals surface area contributed by atoms with Gasteiger partial charge in [-0.3, -0.25) is 4.29 Å². The Bertz CT molecular complexity index is 462. The fraction of sp³-hybridized carbons (Fsp3) is 0.250. The lowest BCUT2D eigenvalue weighted by Crippen LogP contribution is -1.95. The molecule has 2 aromatic rings. The third-order valence-corrected chi connectivity index (χ3v) is 1.58. The van der Waals surface area contributed by atoms with Gasteiger partial charge in [0.2, 0.25) is 0 Å². The molecule has 16 heavy (non-hydrogen) atoms. The lowest BCUT2D eigenvalue weighted by atomic mass is 10.5. The van der Waals surface area contributed by atoms with E-state index < -0.39 is 6.43 Å². The molecule has 0 aliphatic rings. The Labute approximate surface area is 95.0 Å². The van der Waals surface area contributed by atoms with Crippen LogP contribution in [0.25, 0.3) is 5.65 Å². The van der Waals surface area contributed by atoms with Crippen LogP contribution in [0.4, 0.5) is 14.6 Å². The van der Waals surface area contributed by atoms with Crippen LogP contribution in [0.5, 0.6) is 0 Å². The van der Waals surface area contributed by atoms with Gasteiger partial charge in [-0.15, -0.1) is 5.10 Å². The highest BCUT2D eigenvalue weighted by Crippen LogP contribution is 2.17. The molecule has 5 nitrogen and oxygen atoms in total. The molecule has 2 heterocycles. The molecule has 0 bridgehead atoms. The summed E-state index contributed by atoms with van der Waals surface area (Å²) in [5.41, 5.74) is 5.43. The van der Waals surface area contributed by atoms with E-state index in [0.717, 1.165) is 6.20 Å². The van der Waals surface area contributed by atoms with E-state index >= 15 is 0 Å². The molecule has 0 aliphatic heterocycles. The summed E-state index contributed by atoms with van der Waals surface area (Å²) in [7, 11) is 1.39. The van der Waals surface area contributed by atoms with Gasteiger partial charge in [0.25, 0.3) is 6.43 Å². The zero-order chi connectivity index (χ0) is 12.1. The van der Waals surface area contributed by atoms with Crippen LogP contribution in [0.3, 0.4) is 0 Å². The maximum atomic E-state index is 12.2. The van der Waals surface area contributed by atoms with Crippen LogP contribution < -0.4 is 5.73 Å². The molecule has 2 rings (SSSR count). The Morgan fingerprint density at radius 3 is 2.69 bits per heavy atom. The van der Waals surface area contributed by atoms with Gasteiger partial charge in [-0.1, -0.05) is 0 Å². The maximum Gasteiger partial charge on any atom is 0.281 e. The highest BCUT2D eigenvalue weighted by atomic mass is 35.5. The lowest BCUT2D eigenvalue weighted by Gasteiger charge is -1.91. The van der Waals surface area contributed by atoms with Crippen LogP contribution in [-0.2, 0) is 4.29 Å². The number of nitrogens with two attached hydrogens (primary N) is 1. The van der Waals surface area contributed by atoms with Crippen molar-refractivity contribution in [1.29, 1.82) is 0 Å². The monoisotopic (exact) mass is 250 g/mol. The number of aromatic nitrogens is 3. The van der Waals surface area contributed by atoms with E-state index in [4.69, 9.17) is 5.73 Å². The summed E-state index contributed by atoms with van der Waals surface area (Å²) in [6.45, 7) is 0. The van der Waals surface area contributed by atoms with E-state index in [2.05, 4.69) is 26.2 Å². The molecule has 0 amide bonds. The first-order chi connectivity index (χ1) is 7.58. The van der Waals surface area contributed by atoms with Crippen molar-refractivity contribution in [2.45, 2.75) is 6.43 Å². The van der Waals surface area contributed by atoms with Gasteiger partial charge in [0.1, 0.15) is 11.5 Å². The number of hydrogen-bond donors (Lipinski definition) is 1. The molecule has 0 aliphatic carbocycles. The average Bonchev–Trinajstić information content (AvgIpc) is 2.61. The number of halogens is 3. The van der Waals surface area contributed by atoms with Crippen molar-refractivity contribution >= 4 is 23.3 Å². The molecular weight excluding hydrogens is 242 g/mol. The second-order valence-electron chi connectivity index (χ2n) is 2.68. The molecule has 0 atom stereocenters. The predicted octanol–water partition coefficient (Wildman–Crippen LogP) is 2.04. The van der Waals surface area contributed by atoms with Gasteiger partial charge >= 0.3 is 0 Å². The van der Waals surface area contributed by atoms with Gasteiger partial charge in [0, 0.05) is 0 Å². The minimum Gasteiger partial charge on any atom is -0.382 e. The number of fused-ring (bicyclic) bond motifs is 1. The molecule has 0 fully saturated rings. The zero-order valence-corrected chi connectivity index (χ0v) is 9.03. The summed E-state index contributed by atoms with van der Waals surface area (Å²) in [5, 5.41) is 3.78. The van der Waals surface area contributed by atoms with Crippen molar-refractivity contribution in [3.63, 3.8) is 0 Å². The highest BCUT2D eigenvalue weighted by molar-refractivity contribution is 6.07. The van der Waals surface area contributed by atoms with Crippen LogP contribution >= 0.6 is 11.9 Å². The first kappa shape index (κ1) is 12.6. The fourth-order valence-electron chi connectivity index (χ4n) is 1.02. The summed E-state index contributed by atoms with van der Waals surface area (Å²) in [6.07, 6.45) is -1.42. The van der Waals surface area contributed by atoms with Crippen molar-refractivity contribution in [1.82, 2.24) is 14.6 Å². The molecule has 88 valence electrons. The molecule has 0 aromatic carbocycles. The first-order valence-electron chi connectivity index (χ1n) is 4.13. The largest absolute Gasteiger partial charge is 0.382 e. The minimum atomic E-state index is -2.58. The average molecular weight is 251 g/mol. The summed E-state index contributed by atoms with van der Waals surface area (Å²) < 4.78 is 29.3. The number of anilines is 1. The molecular formula is C8H9ClF2N4O. The fourth-order valence-corrected chi connectivity index (χ4v) is 1.02. The number of nitrogens with zero attached hydrogens (tertiary/aromatic N) is 3. The van der Waals surface area contributed by atoms with Crippen LogP contribution in [-0.4, -0.2) is 21.7 Å². The zero-order valence-electron chi connectivity index (χ0n) is 8.27. The molecule has 2 N–H and O–H groups in total. The lowest BCUT2D eigenvalue weighted by molar-refractivity contribution is 0.146. The van der Waals surface area contributed by atoms with Crippen molar-refractivity contribution in [3.8, 4) is 0 Å². The van der Waals surface area contributed by atoms with E-state index in [9.17, 15) is 8.78 Å². The standard InChI is InChI=1S/C7H6F2N4.CH3ClO/c8-7(9)4-3-13-6(11-4)2-1-5(10)12-13;1-3-2/h1-3,7H,(H2,10,12);1H3. The molecule has 0 radical (unpaired) electrons. The molecule has 2 aromatic heterocycles. The van der Waals surface area contributed by atoms with E-state index in [-0.39, 0.29) is 11.5 Å². The van der Waals surface area contributed by atoms with Crippen molar-refractivity contribution < 1.29 is 13.1 Å². The van der Waals surface area contributed by atoms with Gasteiger partial charge < -0.3 is 5.73 Å². The highest BCUT2D eigenvalue weighted by Gasteiger charge is 2.11. The van der Waals surface area contributed by atoms with Gasteiger partial charge in [-0.25, -0.2) is 18.3 Å². The van der Waals surface area contributed by atoms with E-state index in [0.29, 0.717) is 5.65 Å². The third kappa shape index (κ3) is 3.01. The third-order valence-electron chi connectivity index (χ3n) is 1.58. The van der Waals surface area contributed by atoms with Gasteiger partial charge in [0.15, 0.2) is 5.65 Å². The number of nitrogen functional groups attached to an aromatic ring is 1. The van der Waals surface area contributed by atoms with Gasteiger partial charge in [-0.05, 0) is 12.1 Å². The number of alkyl halides is 2. The topological polar surface area (TPSA) is 65.4 Å². The number of imidazole rings is 1. The molecule has 0 saturated heterocycles. The Hall–Kier alpha value is -1.47. The smallest absolute Gasteiger partial charge is 0.281 e.